The first-order valence-corrected chi connectivity index (χ1v) is 54.4. The van der Waals surface area contributed by atoms with Crippen molar-refractivity contribution in [2.45, 2.75) is 305 Å². The number of fused-ring (bicyclic) bond motifs is 10. The predicted molar refractivity (Wildman–Crippen MR) is 560 cm³/mol. The van der Waals surface area contributed by atoms with Gasteiger partial charge in [-0.2, -0.15) is 0 Å². The van der Waals surface area contributed by atoms with Crippen molar-refractivity contribution in [3.05, 3.63) is 287 Å². The van der Waals surface area contributed by atoms with Crippen LogP contribution in [0.25, 0.3) is 0 Å². The summed E-state index contributed by atoms with van der Waals surface area (Å²) in [5.41, 5.74) is -11.1. The Morgan fingerprint density at radius 3 is 1.09 bits per heavy atom. The maximum Gasteiger partial charge on any atom is 0.408 e. The molecule has 0 radical (unpaired) electrons. The lowest BCUT2D eigenvalue weighted by atomic mass is 9.42. The van der Waals surface area contributed by atoms with Gasteiger partial charge >= 0.3 is 36.1 Å². The first-order chi connectivity index (χ1) is 67.4. The van der Waals surface area contributed by atoms with Crippen LogP contribution in [0.2, 0.25) is 10.1 Å². The van der Waals surface area contributed by atoms with Crippen LogP contribution in [-0.2, 0) is 65.9 Å². The van der Waals surface area contributed by atoms with Crippen LogP contribution in [0, 0.1) is 56.2 Å². The second-order valence-electron chi connectivity index (χ2n) is 47.3. The fourth-order valence-corrected chi connectivity index (χ4v) is 35.2. The van der Waals surface area contributed by atoms with Gasteiger partial charge in [0.1, 0.15) is 59.0 Å². The average molecular weight is 2020 g/mol. The lowest BCUT2D eigenvalue weighted by Gasteiger charge is -2.69. The maximum absolute atomic E-state index is 16.3. The van der Waals surface area contributed by atoms with E-state index in [0.29, 0.717) is 28.7 Å². The fraction of sp³-hybridized carbons (Fsp3) is 0.496. The second kappa shape index (κ2) is 40.6. The van der Waals surface area contributed by atoms with E-state index >= 15 is 9.59 Å². The van der Waals surface area contributed by atoms with Crippen molar-refractivity contribution in [3.8, 4) is 0 Å². The molecule has 8 aliphatic rings. The molecule has 8 aromatic carbocycles. The third-order valence-electron chi connectivity index (χ3n) is 33.4. The molecule has 776 valence electrons. The van der Waals surface area contributed by atoms with Gasteiger partial charge in [-0.05, 0) is 166 Å². The van der Waals surface area contributed by atoms with Gasteiger partial charge in [0.25, 0.3) is 16.6 Å². The van der Waals surface area contributed by atoms with Gasteiger partial charge in [-0.15, -0.1) is 0 Å². The number of benzene rings is 8. The summed E-state index contributed by atoms with van der Waals surface area (Å²) in [5.74, 6) is -8.08. The van der Waals surface area contributed by atoms with E-state index in [9.17, 15) is 49.2 Å². The van der Waals surface area contributed by atoms with Crippen LogP contribution < -0.4 is 31.4 Å². The molecule has 16 rings (SSSR count). The molecular formula is C119H150N2O22Si2. The molecule has 26 heteroatoms. The van der Waals surface area contributed by atoms with Crippen LogP contribution in [-0.4, -0.2) is 181 Å². The van der Waals surface area contributed by atoms with Gasteiger partial charge in [-0.3, -0.25) is 19.2 Å². The minimum absolute atomic E-state index is 0. The van der Waals surface area contributed by atoms with Crippen molar-refractivity contribution in [2.24, 2.45) is 56.2 Å². The van der Waals surface area contributed by atoms with Crippen molar-refractivity contribution >= 4 is 85.0 Å². The molecule has 145 heavy (non-hydrogen) atoms. The Bertz CT molecular complexity index is 6030. The van der Waals surface area contributed by atoms with Crippen molar-refractivity contribution in [1.82, 2.24) is 10.6 Å². The maximum atomic E-state index is 16.3. The Labute approximate surface area is 857 Å². The largest absolute Gasteiger partial charge is 0.457 e. The van der Waals surface area contributed by atoms with Crippen LogP contribution in [0.3, 0.4) is 0 Å². The number of nitrogens with one attached hydrogen (secondary N) is 2. The first-order valence-electron chi connectivity index (χ1n) is 50.6. The number of amides is 2. The monoisotopic (exact) mass is 2020 g/mol. The standard InChI is InChI=1S/2C59H73NO11Si.CH4/c2*1-36-42(68-51(63)37(2)46(38-25-17-13-18-26-38)60-53(65)70-54(3,4)5)34-59(66)50(69-52(64)39-27-19-14-20-28-39)48-57(11)35-67-43(57)33-44(58(48,12)49(62)47(61)45(36)56(59,9)10)71-72(55(6,7)8,40-29-21-15-22-30-40)41-31-23-16-24-32-41;/h13-32,37,42-44,46,48-50,62,66H,33-35H2,1-12H3,(H,60,65);13-32,37,42-44,46-48,50,61,66H,33-35H2,1-12H3,(H,60,65);1H4/t37-,42+,43-,44+,46-,48-,49+,50+,57-,58-,59-;37-,42+,43-,44+,46-,47-,48-,50+,57-,58-,59-;/m11./s1. The molecule has 4 saturated carbocycles. The molecule has 0 unspecified atom stereocenters. The van der Waals surface area contributed by atoms with E-state index in [1.165, 1.54) is 0 Å². The van der Waals surface area contributed by atoms with Crippen molar-refractivity contribution < 1.29 is 106 Å². The lowest BCUT2D eigenvalue weighted by Crippen LogP contribution is -2.79. The predicted octanol–water partition coefficient (Wildman–Crippen LogP) is 18.3. The van der Waals surface area contributed by atoms with E-state index in [2.05, 4.69) is 101 Å². The summed E-state index contributed by atoms with van der Waals surface area (Å²) in [6.07, 6.45) is -13.2. The van der Waals surface area contributed by atoms with Gasteiger partial charge in [-0.25, -0.2) is 19.2 Å². The van der Waals surface area contributed by atoms with Crippen LogP contribution in [0.1, 0.15) is 243 Å². The van der Waals surface area contributed by atoms with Gasteiger partial charge in [0.05, 0.1) is 78.1 Å². The van der Waals surface area contributed by atoms with Crippen molar-refractivity contribution in [2.75, 3.05) is 13.2 Å². The summed E-state index contributed by atoms with van der Waals surface area (Å²) in [5, 5.41) is 63.6. The van der Waals surface area contributed by atoms with E-state index in [-0.39, 0.29) is 62.2 Å². The van der Waals surface area contributed by atoms with E-state index in [1.807, 2.05) is 113 Å². The molecule has 2 amide bonds. The number of esters is 4. The van der Waals surface area contributed by atoms with E-state index in [1.54, 1.807) is 206 Å². The second-order valence-corrected chi connectivity index (χ2v) is 55.8. The molecule has 6 N–H and O–H groups in total. The Morgan fingerprint density at radius 2 is 0.745 bits per heavy atom. The summed E-state index contributed by atoms with van der Waals surface area (Å²) in [6, 6.07) is 73.8. The van der Waals surface area contributed by atoms with Gasteiger partial charge in [0.15, 0.2) is 11.6 Å². The smallest absolute Gasteiger partial charge is 0.408 e. The lowest BCUT2D eigenvalue weighted by molar-refractivity contribution is -0.326. The number of Topliss-reactive ketones (excluding diaryl/α,β-unsaturated/α-hetero) is 2. The van der Waals surface area contributed by atoms with Gasteiger partial charge in [-0.1, -0.05) is 316 Å². The number of carbonyl (C=O) groups is 8. The number of hydrogen-bond acceptors (Lipinski definition) is 22. The number of hydrogen-bond donors (Lipinski definition) is 6. The highest BCUT2D eigenvalue weighted by molar-refractivity contribution is 7.00. The average Bonchev–Trinajstić information content (AvgIpc) is 0.669. The fourth-order valence-electron chi connectivity index (χ4n) is 25.6. The van der Waals surface area contributed by atoms with Crippen LogP contribution in [0.5, 0.6) is 0 Å². The summed E-state index contributed by atoms with van der Waals surface area (Å²) in [7, 11) is -6.88. The Morgan fingerprint density at radius 1 is 0.428 bits per heavy atom. The number of alkyl carbamates (subject to hydrolysis) is 2. The first kappa shape index (κ1) is 110. The topological polar surface area (TPSA) is 334 Å². The summed E-state index contributed by atoms with van der Waals surface area (Å²) in [4.78, 5) is 118. The van der Waals surface area contributed by atoms with E-state index < -0.39 is 226 Å². The highest BCUT2D eigenvalue weighted by atomic mass is 28.4. The number of aliphatic hydroxyl groups excluding tert-OH is 2. The molecule has 0 spiro atoms. The van der Waals surface area contributed by atoms with Gasteiger partial charge in [0.2, 0.25) is 0 Å². The third kappa shape index (κ3) is 19.4. The minimum Gasteiger partial charge on any atom is -0.457 e. The molecule has 6 fully saturated rings. The molecule has 8 aromatic rings. The normalized spacial score (nSPS) is 29.7. The zero-order valence-electron chi connectivity index (χ0n) is 87.7. The molecule has 0 aromatic heterocycles. The number of carbonyl (C=O) groups excluding carboxylic acids is 8. The van der Waals surface area contributed by atoms with E-state index in [4.69, 9.17) is 46.7 Å². The number of rotatable bonds is 22. The molecule has 2 saturated heterocycles. The van der Waals surface area contributed by atoms with E-state index in [0.717, 1.165) is 20.7 Å². The Kier molecular flexibility index (Phi) is 30.8. The molecule has 6 aliphatic carbocycles. The highest BCUT2D eigenvalue weighted by Gasteiger charge is 2.79. The highest BCUT2D eigenvalue weighted by Crippen LogP contribution is 2.70. The van der Waals surface area contributed by atoms with Gasteiger partial charge in [0, 0.05) is 63.7 Å². The minimum atomic E-state index is -3.45. The zero-order valence-corrected chi connectivity index (χ0v) is 89.7. The van der Waals surface area contributed by atoms with Crippen molar-refractivity contribution in [3.63, 3.8) is 0 Å². The molecule has 2 heterocycles. The Balaban J connectivity index is 0.000000228. The van der Waals surface area contributed by atoms with Crippen LogP contribution in [0.4, 0.5) is 9.59 Å². The molecular weight excluding hydrogens is 1870 g/mol. The zero-order chi connectivity index (χ0) is 105. The third-order valence-corrected chi connectivity index (χ3v) is 43.5. The molecule has 4 bridgehead atoms. The number of ether oxygens (including phenoxy) is 8. The Hall–Kier alpha value is -10.9. The molecule has 22 atom stereocenters. The van der Waals surface area contributed by atoms with Crippen LogP contribution >= 0.6 is 0 Å². The van der Waals surface area contributed by atoms with Crippen LogP contribution in [0.15, 0.2) is 265 Å². The van der Waals surface area contributed by atoms with Gasteiger partial charge < -0.3 is 77.8 Å². The van der Waals surface area contributed by atoms with Crippen molar-refractivity contribution in [1.29, 1.82) is 0 Å². The molecule has 2 aliphatic heterocycles. The summed E-state index contributed by atoms with van der Waals surface area (Å²) < 4.78 is 66.8. The number of ketones is 2. The molecule has 24 nitrogen and oxygen atoms in total. The quantitative estimate of drug-likeness (QED) is 0.0159. The number of aliphatic hydroxyl groups is 4. The summed E-state index contributed by atoms with van der Waals surface area (Å²) in [6.45, 7) is 45.2. The SMILES string of the molecule is C.CC1=C2C(=O)[C@H](O)[C@]3(C)[C@@H](O[Si](c4ccccc4)(c4ccccc4)C(C)(C)C)C[C@H]4OC[C@@]4(C)[C@H]3[C@H](OC(=O)c3ccccc3)[C@](O)(C[C@@H]1OC(=O)[C@H](C)[C@@H](NC(=O)OC(C)(C)C)c1ccccc1)C2(C)C.CC1=C2[C@@H](O)C(=O)[C@]3(C)[C@@H](O[Si](c4ccccc4)(c4ccccc4)C(C)(C)C)C[C@H]4OC[C@@]4(C)[C@H]3[C@H](OC(=O)c3ccccc3)[C@](O)(C[C@@H]1OC(=O)[C@H](C)[C@@H](NC(=O)OC(C)(C)C)c1ccccc1)C2(C)C. The summed E-state index contributed by atoms with van der Waals surface area (Å²) >= 11 is 0.